The van der Waals surface area contributed by atoms with E-state index in [0.717, 1.165) is 22.2 Å². The summed E-state index contributed by atoms with van der Waals surface area (Å²) >= 11 is 10.2. The van der Waals surface area contributed by atoms with Crippen molar-refractivity contribution in [2.24, 2.45) is 17.1 Å². The molecule has 3 nitrogen and oxygen atoms in total. The summed E-state index contributed by atoms with van der Waals surface area (Å²) in [4.78, 5) is 14.7. The van der Waals surface area contributed by atoms with E-state index in [1.54, 1.807) is 16.2 Å². The van der Waals surface area contributed by atoms with Gasteiger partial charge in [-0.15, -0.1) is 11.3 Å². The average Bonchev–Trinajstić information content (AvgIpc) is 2.68. The molecule has 1 fully saturated rings. The van der Waals surface area contributed by atoms with Crippen LogP contribution in [-0.2, 0) is 11.3 Å². The lowest BCUT2D eigenvalue weighted by Gasteiger charge is -2.46. The maximum Gasteiger partial charge on any atom is 0.235 e. The number of thiocarbonyl (C=S) groups is 1. The molecule has 1 amide bonds. The summed E-state index contributed by atoms with van der Waals surface area (Å²) in [6.45, 7) is 2.72. The first kappa shape index (κ1) is 14.9. The Bertz CT molecular complexity index is 508. The van der Waals surface area contributed by atoms with Crippen molar-refractivity contribution >= 4 is 50.4 Å². The molecule has 1 aliphatic rings. The fourth-order valence-corrected chi connectivity index (χ4v) is 4.21. The van der Waals surface area contributed by atoms with Gasteiger partial charge in [-0.2, -0.15) is 0 Å². The van der Waals surface area contributed by atoms with Gasteiger partial charge in [0.15, 0.2) is 0 Å². The molecule has 19 heavy (non-hydrogen) atoms. The van der Waals surface area contributed by atoms with Crippen molar-refractivity contribution in [2.45, 2.75) is 26.3 Å². The highest BCUT2D eigenvalue weighted by molar-refractivity contribution is 9.11. The number of thiophene rings is 1. The van der Waals surface area contributed by atoms with Crippen LogP contribution in [0.5, 0.6) is 0 Å². The topological polar surface area (TPSA) is 46.3 Å². The van der Waals surface area contributed by atoms with Gasteiger partial charge in [0.1, 0.15) is 0 Å². The molecule has 0 radical (unpaired) electrons. The standard InChI is InChI=1S/C13H17BrN2OS2/c1-8-4-13(5-8,11(15)18)12(17)16(2)6-9-3-10(14)19-7-9/h3,7-8H,4-6H2,1-2H3,(H2,15,18). The molecule has 1 heterocycles. The van der Waals surface area contributed by atoms with Gasteiger partial charge < -0.3 is 10.6 Å². The van der Waals surface area contributed by atoms with E-state index in [-0.39, 0.29) is 5.91 Å². The molecule has 0 unspecified atom stereocenters. The molecule has 1 aromatic heterocycles. The first-order valence-electron chi connectivity index (χ1n) is 6.13. The highest BCUT2D eigenvalue weighted by atomic mass is 79.9. The molecule has 1 saturated carbocycles. The lowest BCUT2D eigenvalue weighted by molar-refractivity contribution is -0.143. The number of hydrogen-bond acceptors (Lipinski definition) is 3. The first-order valence-corrected chi connectivity index (χ1v) is 8.21. The summed E-state index contributed by atoms with van der Waals surface area (Å²) in [7, 11) is 1.82. The third-order valence-corrected chi connectivity index (χ3v) is 5.61. The van der Waals surface area contributed by atoms with E-state index in [4.69, 9.17) is 18.0 Å². The van der Waals surface area contributed by atoms with E-state index < -0.39 is 5.41 Å². The van der Waals surface area contributed by atoms with Gasteiger partial charge >= 0.3 is 0 Å². The van der Waals surface area contributed by atoms with Crippen LogP contribution in [0.25, 0.3) is 0 Å². The predicted octanol–water partition coefficient (Wildman–Crippen LogP) is 3.17. The van der Waals surface area contributed by atoms with Gasteiger partial charge in [-0.1, -0.05) is 19.1 Å². The molecule has 0 aromatic carbocycles. The van der Waals surface area contributed by atoms with E-state index in [9.17, 15) is 4.79 Å². The van der Waals surface area contributed by atoms with Crippen molar-refractivity contribution in [2.75, 3.05) is 7.05 Å². The second-order valence-electron chi connectivity index (χ2n) is 5.38. The minimum absolute atomic E-state index is 0.0559. The second kappa shape index (κ2) is 5.50. The highest BCUT2D eigenvalue weighted by Gasteiger charge is 2.51. The van der Waals surface area contributed by atoms with Gasteiger partial charge in [-0.3, -0.25) is 4.79 Å². The Labute approximate surface area is 131 Å². The van der Waals surface area contributed by atoms with Gasteiger partial charge in [0, 0.05) is 13.6 Å². The Morgan fingerprint density at radius 2 is 2.32 bits per heavy atom. The lowest BCUT2D eigenvalue weighted by Crippen LogP contribution is -2.56. The van der Waals surface area contributed by atoms with Crippen LogP contribution >= 0.6 is 39.5 Å². The fourth-order valence-electron chi connectivity index (χ4n) is 2.75. The smallest absolute Gasteiger partial charge is 0.235 e. The van der Waals surface area contributed by atoms with Gasteiger partial charge in [0.25, 0.3) is 0 Å². The van der Waals surface area contributed by atoms with E-state index in [1.165, 1.54) is 0 Å². The Balaban J connectivity index is 2.08. The maximum absolute atomic E-state index is 12.6. The summed E-state index contributed by atoms with van der Waals surface area (Å²) in [6.07, 6.45) is 1.55. The molecule has 104 valence electrons. The number of amides is 1. The molecule has 0 spiro atoms. The fraction of sp³-hybridized carbons (Fsp3) is 0.538. The molecule has 1 aromatic rings. The van der Waals surface area contributed by atoms with E-state index in [0.29, 0.717) is 17.5 Å². The minimum Gasteiger partial charge on any atom is -0.392 e. The maximum atomic E-state index is 12.6. The van der Waals surface area contributed by atoms with Crippen LogP contribution in [-0.4, -0.2) is 22.8 Å². The Morgan fingerprint density at radius 1 is 1.68 bits per heavy atom. The van der Waals surface area contributed by atoms with Gasteiger partial charge in [-0.05, 0) is 51.7 Å². The van der Waals surface area contributed by atoms with Crippen molar-refractivity contribution in [3.05, 3.63) is 20.8 Å². The molecule has 6 heteroatoms. The van der Waals surface area contributed by atoms with E-state index in [2.05, 4.69) is 22.9 Å². The van der Waals surface area contributed by atoms with Gasteiger partial charge in [0.2, 0.25) is 5.91 Å². The number of nitrogens with zero attached hydrogens (tertiary/aromatic N) is 1. The van der Waals surface area contributed by atoms with Crippen LogP contribution in [0.15, 0.2) is 15.2 Å². The minimum atomic E-state index is -0.600. The number of halogens is 1. The molecule has 0 saturated heterocycles. The van der Waals surface area contributed by atoms with Crippen LogP contribution in [0.3, 0.4) is 0 Å². The average molecular weight is 361 g/mol. The number of rotatable bonds is 4. The zero-order valence-corrected chi connectivity index (χ0v) is 14.2. The van der Waals surface area contributed by atoms with Crippen LogP contribution in [0.4, 0.5) is 0 Å². The SMILES string of the molecule is CC1CC(C(=O)N(C)Cc2csc(Br)c2)(C(N)=S)C1. The molecule has 2 rings (SSSR count). The molecular formula is C13H17BrN2OS2. The van der Waals surface area contributed by atoms with Crippen molar-refractivity contribution < 1.29 is 4.79 Å². The molecule has 0 aliphatic heterocycles. The monoisotopic (exact) mass is 360 g/mol. The van der Waals surface area contributed by atoms with E-state index >= 15 is 0 Å². The molecule has 1 aliphatic carbocycles. The quantitative estimate of drug-likeness (QED) is 0.838. The van der Waals surface area contributed by atoms with Crippen molar-refractivity contribution in [1.82, 2.24) is 4.90 Å². The van der Waals surface area contributed by atoms with Crippen LogP contribution in [0.2, 0.25) is 0 Å². The Hall–Kier alpha value is -0.460. The number of hydrogen-bond donors (Lipinski definition) is 1. The van der Waals surface area contributed by atoms with Gasteiger partial charge in [-0.25, -0.2) is 0 Å². The second-order valence-corrected chi connectivity index (χ2v) is 8.11. The van der Waals surface area contributed by atoms with Crippen LogP contribution in [0.1, 0.15) is 25.3 Å². The zero-order valence-electron chi connectivity index (χ0n) is 11.0. The predicted molar refractivity (Wildman–Crippen MR) is 86.1 cm³/mol. The molecule has 2 N–H and O–H groups in total. The highest BCUT2D eigenvalue weighted by Crippen LogP contribution is 2.47. The van der Waals surface area contributed by atoms with Crippen molar-refractivity contribution in [3.8, 4) is 0 Å². The number of nitrogens with two attached hydrogens (primary N) is 1. The van der Waals surface area contributed by atoms with Crippen molar-refractivity contribution in [3.63, 3.8) is 0 Å². The largest absolute Gasteiger partial charge is 0.392 e. The number of carbonyl (C=O) groups is 1. The van der Waals surface area contributed by atoms with Crippen LogP contribution in [0, 0.1) is 11.3 Å². The first-order chi connectivity index (χ1) is 8.85. The molecule has 0 atom stereocenters. The Morgan fingerprint density at radius 3 is 2.74 bits per heavy atom. The third kappa shape index (κ3) is 2.85. The Kier molecular flexibility index (Phi) is 4.32. The van der Waals surface area contributed by atoms with E-state index in [1.807, 2.05) is 18.5 Å². The normalized spacial score (nSPS) is 25.7. The zero-order chi connectivity index (χ0) is 14.2. The summed E-state index contributed by atoms with van der Waals surface area (Å²) in [5.74, 6) is 0.578. The number of carbonyl (C=O) groups excluding carboxylic acids is 1. The summed E-state index contributed by atoms with van der Waals surface area (Å²) < 4.78 is 1.07. The lowest BCUT2D eigenvalue weighted by atomic mass is 9.61. The van der Waals surface area contributed by atoms with Crippen LogP contribution < -0.4 is 5.73 Å². The van der Waals surface area contributed by atoms with Gasteiger partial charge in [0.05, 0.1) is 14.2 Å². The molecular weight excluding hydrogens is 344 g/mol. The summed E-state index contributed by atoms with van der Waals surface area (Å²) in [5.41, 5.74) is 6.33. The summed E-state index contributed by atoms with van der Waals surface area (Å²) in [6, 6.07) is 2.03. The molecule has 0 bridgehead atoms. The summed E-state index contributed by atoms with van der Waals surface area (Å²) in [5, 5.41) is 2.05. The third-order valence-electron chi connectivity index (χ3n) is 3.66. The van der Waals surface area contributed by atoms with Crippen molar-refractivity contribution in [1.29, 1.82) is 0 Å².